The zero-order valence-electron chi connectivity index (χ0n) is 18.1. The quantitative estimate of drug-likeness (QED) is 0.507. The van der Waals surface area contributed by atoms with Crippen LogP contribution in [0.25, 0.3) is 10.9 Å². The first-order valence-electron chi connectivity index (χ1n) is 10.6. The van der Waals surface area contributed by atoms with Crippen molar-refractivity contribution in [1.82, 2.24) is 25.2 Å². The maximum absolute atomic E-state index is 12.6. The van der Waals surface area contributed by atoms with E-state index < -0.39 is 0 Å². The molecule has 1 atom stereocenters. The van der Waals surface area contributed by atoms with E-state index in [2.05, 4.69) is 20.3 Å². The highest BCUT2D eigenvalue weighted by molar-refractivity contribution is 8.00. The smallest absolute Gasteiger partial charge is 0.232 e. The third kappa shape index (κ3) is 6.62. The minimum Gasteiger partial charge on any atom is -0.474 e. The Balaban J connectivity index is 1.18. The molecule has 2 amide bonds. The summed E-state index contributed by atoms with van der Waals surface area (Å²) in [5, 5.41) is 3.68. The fourth-order valence-electron chi connectivity index (χ4n) is 3.39. The van der Waals surface area contributed by atoms with Gasteiger partial charge in [0, 0.05) is 25.5 Å². The SMILES string of the molecule is O=C(CSCC(=O)N1CCOC(COc2ncnc3ccccc23)C1)NCc1ccncc1. The molecule has 1 saturated heterocycles. The molecule has 4 rings (SSSR count). The van der Waals surface area contributed by atoms with Gasteiger partial charge in [-0.25, -0.2) is 9.97 Å². The number of pyridine rings is 1. The lowest BCUT2D eigenvalue weighted by Crippen LogP contribution is -2.48. The Morgan fingerprint density at radius 3 is 2.88 bits per heavy atom. The molecule has 1 unspecified atom stereocenters. The van der Waals surface area contributed by atoms with E-state index in [1.807, 2.05) is 36.4 Å². The number of rotatable bonds is 9. The van der Waals surface area contributed by atoms with Crippen molar-refractivity contribution in [2.24, 2.45) is 0 Å². The normalized spacial score (nSPS) is 15.9. The molecule has 0 saturated carbocycles. The number of para-hydroxylation sites is 1. The van der Waals surface area contributed by atoms with Crippen LogP contribution >= 0.6 is 11.8 Å². The van der Waals surface area contributed by atoms with Gasteiger partial charge in [-0.2, -0.15) is 0 Å². The molecule has 3 aromatic rings. The Labute approximate surface area is 195 Å². The molecule has 3 heterocycles. The predicted molar refractivity (Wildman–Crippen MR) is 125 cm³/mol. The van der Waals surface area contributed by atoms with Crippen LogP contribution in [0.2, 0.25) is 0 Å². The van der Waals surface area contributed by atoms with Gasteiger partial charge in [-0.3, -0.25) is 14.6 Å². The third-order valence-corrected chi connectivity index (χ3v) is 6.02. The number of morpholine rings is 1. The molecule has 0 radical (unpaired) electrons. The molecular formula is C23H25N5O4S. The van der Waals surface area contributed by atoms with Gasteiger partial charge in [0.15, 0.2) is 0 Å². The molecule has 33 heavy (non-hydrogen) atoms. The fraction of sp³-hybridized carbons (Fsp3) is 0.348. The number of fused-ring (bicyclic) bond motifs is 1. The van der Waals surface area contributed by atoms with Crippen molar-refractivity contribution in [3.63, 3.8) is 0 Å². The van der Waals surface area contributed by atoms with Crippen LogP contribution in [0.1, 0.15) is 5.56 Å². The lowest BCUT2D eigenvalue weighted by atomic mass is 10.2. The van der Waals surface area contributed by atoms with Crippen LogP contribution in [-0.4, -0.2) is 75.6 Å². The monoisotopic (exact) mass is 467 g/mol. The van der Waals surface area contributed by atoms with Crippen LogP contribution in [0, 0.1) is 0 Å². The molecule has 1 fully saturated rings. The van der Waals surface area contributed by atoms with Crippen LogP contribution in [-0.2, 0) is 20.9 Å². The van der Waals surface area contributed by atoms with Crippen LogP contribution in [0.4, 0.5) is 0 Å². The number of carbonyl (C=O) groups is 2. The average molecular weight is 468 g/mol. The van der Waals surface area contributed by atoms with Gasteiger partial charge in [0.1, 0.15) is 19.0 Å². The summed E-state index contributed by atoms with van der Waals surface area (Å²) >= 11 is 1.31. The number of hydrogen-bond acceptors (Lipinski definition) is 8. The largest absolute Gasteiger partial charge is 0.474 e. The van der Waals surface area contributed by atoms with Gasteiger partial charge < -0.3 is 19.7 Å². The van der Waals surface area contributed by atoms with Gasteiger partial charge in [0.25, 0.3) is 0 Å². The molecule has 1 N–H and O–H groups in total. The van der Waals surface area contributed by atoms with Crippen LogP contribution in [0.15, 0.2) is 55.1 Å². The molecule has 0 bridgehead atoms. The van der Waals surface area contributed by atoms with Crippen molar-refractivity contribution < 1.29 is 19.1 Å². The maximum atomic E-state index is 12.6. The number of nitrogens with one attached hydrogen (secondary N) is 1. The molecule has 172 valence electrons. The first-order valence-corrected chi connectivity index (χ1v) is 11.8. The first-order chi connectivity index (χ1) is 16.2. The summed E-state index contributed by atoms with van der Waals surface area (Å²) in [5.74, 6) is 0.861. The minimum atomic E-state index is -0.245. The molecule has 0 aliphatic carbocycles. The summed E-state index contributed by atoms with van der Waals surface area (Å²) in [6, 6.07) is 11.3. The lowest BCUT2D eigenvalue weighted by molar-refractivity contribution is -0.137. The van der Waals surface area contributed by atoms with Gasteiger partial charge in [-0.05, 0) is 29.8 Å². The Bertz CT molecular complexity index is 1080. The number of thioether (sulfide) groups is 1. The summed E-state index contributed by atoms with van der Waals surface area (Å²) in [7, 11) is 0. The zero-order chi connectivity index (χ0) is 22.9. The second kappa shape index (κ2) is 11.6. The molecule has 0 spiro atoms. The fourth-order valence-corrected chi connectivity index (χ4v) is 4.14. The van der Waals surface area contributed by atoms with Gasteiger partial charge in [-0.15, -0.1) is 11.8 Å². The van der Waals surface area contributed by atoms with Crippen molar-refractivity contribution in [3.05, 3.63) is 60.7 Å². The topological polar surface area (TPSA) is 107 Å². The van der Waals surface area contributed by atoms with Gasteiger partial charge in [0.05, 0.1) is 35.6 Å². The standard InChI is InChI=1S/C23H25N5O4S/c29-21(25-11-17-5-7-24-8-6-17)14-33-15-22(30)28-9-10-31-18(12-28)13-32-23-19-3-1-2-4-20(19)26-16-27-23/h1-8,16,18H,9-15H2,(H,25,29). The number of amides is 2. The van der Waals surface area contributed by atoms with Crippen LogP contribution in [0.3, 0.4) is 0 Å². The molecule has 10 heteroatoms. The Hall–Kier alpha value is -3.24. The number of nitrogens with zero attached hydrogens (tertiary/aromatic N) is 4. The van der Waals surface area contributed by atoms with E-state index in [1.54, 1.807) is 17.3 Å². The molecule has 2 aromatic heterocycles. The molecule has 9 nitrogen and oxygen atoms in total. The summed E-state index contributed by atoms with van der Waals surface area (Å²) in [6.07, 6.45) is 4.60. The highest BCUT2D eigenvalue weighted by Crippen LogP contribution is 2.21. The highest BCUT2D eigenvalue weighted by Gasteiger charge is 2.25. The van der Waals surface area contributed by atoms with E-state index in [0.29, 0.717) is 32.1 Å². The Morgan fingerprint density at radius 2 is 2.00 bits per heavy atom. The van der Waals surface area contributed by atoms with Gasteiger partial charge >= 0.3 is 0 Å². The molecule has 1 aliphatic heterocycles. The molecule has 1 aliphatic rings. The number of aromatic nitrogens is 3. The van der Waals surface area contributed by atoms with E-state index in [1.165, 1.54) is 18.1 Å². The number of carbonyl (C=O) groups excluding carboxylic acids is 2. The van der Waals surface area contributed by atoms with E-state index in [9.17, 15) is 9.59 Å². The van der Waals surface area contributed by atoms with Gasteiger partial charge in [-0.1, -0.05) is 12.1 Å². The van der Waals surface area contributed by atoms with Crippen LogP contribution in [0.5, 0.6) is 5.88 Å². The summed E-state index contributed by atoms with van der Waals surface area (Å²) in [6.45, 7) is 2.15. The van der Waals surface area contributed by atoms with Crippen molar-refractivity contribution in [2.45, 2.75) is 12.6 Å². The van der Waals surface area contributed by atoms with E-state index in [-0.39, 0.29) is 36.0 Å². The van der Waals surface area contributed by atoms with Crippen LogP contribution < -0.4 is 10.1 Å². The Morgan fingerprint density at radius 1 is 1.15 bits per heavy atom. The van der Waals surface area contributed by atoms with Crippen molar-refractivity contribution in [3.8, 4) is 5.88 Å². The molecule has 1 aromatic carbocycles. The summed E-state index contributed by atoms with van der Waals surface area (Å²) in [4.78, 5) is 38.8. The highest BCUT2D eigenvalue weighted by atomic mass is 32.2. The van der Waals surface area contributed by atoms with Crippen molar-refractivity contribution in [2.75, 3.05) is 37.8 Å². The second-order valence-electron chi connectivity index (χ2n) is 7.46. The predicted octanol–water partition coefficient (Wildman–Crippen LogP) is 1.68. The van der Waals surface area contributed by atoms with E-state index >= 15 is 0 Å². The maximum Gasteiger partial charge on any atom is 0.232 e. The number of ether oxygens (including phenoxy) is 2. The zero-order valence-corrected chi connectivity index (χ0v) is 18.9. The third-order valence-electron chi connectivity index (χ3n) is 5.10. The minimum absolute atomic E-state index is 0.0114. The Kier molecular flexibility index (Phi) is 8.04. The summed E-state index contributed by atoms with van der Waals surface area (Å²) < 4.78 is 11.7. The van der Waals surface area contributed by atoms with Crippen molar-refractivity contribution >= 4 is 34.5 Å². The lowest BCUT2D eigenvalue weighted by Gasteiger charge is -2.32. The van der Waals surface area contributed by atoms with Gasteiger partial charge in [0.2, 0.25) is 17.7 Å². The molecular weight excluding hydrogens is 442 g/mol. The number of benzene rings is 1. The average Bonchev–Trinajstić information content (AvgIpc) is 2.87. The van der Waals surface area contributed by atoms with E-state index in [4.69, 9.17) is 9.47 Å². The van der Waals surface area contributed by atoms with Crippen molar-refractivity contribution in [1.29, 1.82) is 0 Å². The first kappa shape index (κ1) is 22.9. The second-order valence-corrected chi connectivity index (χ2v) is 8.45. The van der Waals surface area contributed by atoms with E-state index in [0.717, 1.165) is 16.5 Å². The number of hydrogen-bond donors (Lipinski definition) is 1. The summed E-state index contributed by atoms with van der Waals surface area (Å²) in [5.41, 5.74) is 1.79.